The Morgan fingerprint density at radius 1 is 1.10 bits per heavy atom. The Labute approximate surface area is 132 Å². The number of hydrogen-bond acceptors (Lipinski definition) is 4. The summed E-state index contributed by atoms with van der Waals surface area (Å²) in [5, 5.41) is 0. The van der Waals surface area contributed by atoms with E-state index in [-0.39, 0.29) is 6.04 Å². The molecule has 0 bridgehead atoms. The van der Waals surface area contributed by atoms with Crippen molar-refractivity contribution in [2.45, 2.75) is 12.5 Å². The maximum absolute atomic E-state index is 5.77. The van der Waals surface area contributed by atoms with Crippen molar-refractivity contribution < 1.29 is 9.47 Å². The van der Waals surface area contributed by atoms with Gasteiger partial charge in [-0.15, -0.1) is 0 Å². The van der Waals surface area contributed by atoms with Crippen molar-refractivity contribution in [2.24, 2.45) is 5.84 Å². The van der Waals surface area contributed by atoms with Crippen molar-refractivity contribution in [3.8, 4) is 11.5 Å². The van der Waals surface area contributed by atoms with E-state index in [2.05, 4.69) is 27.4 Å². The Kier molecular flexibility index (Phi) is 4.43. The van der Waals surface area contributed by atoms with Crippen molar-refractivity contribution in [1.82, 2.24) is 5.43 Å². The molecule has 0 saturated heterocycles. The first-order valence-electron chi connectivity index (χ1n) is 6.87. The van der Waals surface area contributed by atoms with Gasteiger partial charge in [0, 0.05) is 10.0 Å². The first kappa shape index (κ1) is 14.4. The zero-order valence-electron chi connectivity index (χ0n) is 11.5. The van der Waals surface area contributed by atoms with Gasteiger partial charge in [-0.25, -0.2) is 0 Å². The summed E-state index contributed by atoms with van der Waals surface area (Å²) in [5.74, 6) is 7.35. The zero-order valence-corrected chi connectivity index (χ0v) is 13.1. The van der Waals surface area contributed by atoms with Crippen molar-refractivity contribution in [3.63, 3.8) is 0 Å². The van der Waals surface area contributed by atoms with Crippen LogP contribution in [0.4, 0.5) is 0 Å². The Morgan fingerprint density at radius 2 is 1.90 bits per heavy atom. The average molecular weight is 349 g/mol. The minimum atomic E-state index is -0.0413. The number of ether oxygens (including phenoxy) is 2. The smallest absolute Gasteiger partial charge is 0.166 e. The lowest BCUT2D eigenvalue weighted by Gasteiger charge is -2.25. The van der Waals surface area contributed by atoms with Gasteiger partial charge in [-0.2, -0.15) is 0 Å². The average Bonchev–Trinajstić information content (AvgIpc) is 2.54. The molecule has 0 spiro atoms. The monoisotopic (exact) mass is 348 g/mol. The summed E-state index contributed by atoms with van der Waals surface area (Å²) in [4.78, 5) is 0. The second kappa shape index (κ2) is 6.47. The number of halogens is 1. The number of hydrogen-bond donors (Lipinski definition) is 2. The van der Waals surface area contributed by atoms with Gasteiger partial charge in [0.05, 0.1) is 6.04 Å². The zero-order chi connectivity index (χ0) is 14.7. The van der Waals surface area contributed by atoms with Crippen LogP contribution < -0.4 is 20.7 Å². The third-order valence-electron chi connectivity index (χ3n) is 3.56. The lowest BCUT2D eigenvalue weighted by Crippen LogP contribution is -2.30. The summed E-state index contributed by atoms with van der Waals surface area (Å²) < 4.78 is 12.5. The fourth-order valence-corrected chi connectivity index (χ4v) is 2.96. The number of nitrogens with two attached hydrogens (primary N) is 1. The molecule has 1 heterocycles. The summed E-state index contributed by atoms with van der Waals surface area (Å²) in [7, 11) is 0. The van der Waals surface area contributed by atoms with Crippen molar-refractivity contribution in [3.05, 3.63) is 58.1 Å². The number of fused-ring (bicyclic) bond motifs is 1. The standard InChI is InChI=1S/C16H17BrN2O2/c17-13-6-2-1-4-11(13)10-14(19-18)12-5-3-7-15-16(12)21-9-8-20-15/h1-7,14,19H,8-10,18H2. The highest BCUT2D eigenvalue weighted by Crippen LogP contribution is 2.38. The van der Waals surface area contributed by atoms with E-state index in [1.807, 2.05) is 36.4 Å². The van der Waals surface area contributed by atoms with Crippen LogP contribution in [0, 0.1) is 0 Å². The van der Waals surface area contributed by atoms with Crippen LogP contribution in [-0.2, 0) is 6.42 Å². The second-order valence-corrected chi connectivity index (χ2v) is 5.74. The highest BCUT2D eigenvalue weighted by molar-refractivity contribution is 9.10. The van der Waals surface area contributed by atoms with Crippen LogP contribution in [0.25, 0.3) is 0 Å². The molecule has 2 aromatic rings. The molecule has 0 aliphatic carbocycles. The van der Waals surface area contributed by atoms with E-state index >= 15 is 0 Å². The van der Waals surface area contributed by atoms with E-state index < -0.39 is 0 Å². The molecule has 1 unspecified atom stereocenters. The van der Waals surface area contributed by atoms with Crippen LogP contribution in [0.1, 0.15) is 17.2 Å². The van der Waals surface area contributed by atoms with E-state index in [0.29, 0.717) is 13.2 Å². The minimum Gasteiger partial charge on any atom is -0.486 e. The summed E-state index contributed by atoms with van der Waals surface area (Å²) in [6, 6.07) is 14.0. The highest BCUT2D eigenvalue weighted by atomic mass is 79.9. The SMILES string of the molecule is NNC(Cc1ccccc1Br)c1cccc2c1OCCO2. The van der Waals surface area contributed by atoms with E-state index in [1.54, 1.807) is 0 Å². The molecule has 0 fully saturated rings. The Bertz CT molecular complexity index is 633. The Balaban J connectivity index is 1.92. The molecular formula is C16H17BrN2O2. The van der Waals surface area contributed by atoms with Gasteiger partial charge in [-0.05, 0) is 24.1 Å². The van der Waals surface area contributed by atoms with E-state index in [0.717, 1.165) is 28.0 Å². The van der Waals surface area contributed by atoms with Crippen LogP contribution in [0.15, 0.2) is 46.9 Å². The Morgan fingerprint density at radius 3 is 2.71 bits per heavy atom. The van der Waals surface area contributed by atoms with Crippen LogP contribution in [0.2, 0.25) is 0 Å². The molecule has 1 atom stereocenters. The molecule has 0 amide bonds. The summed E-state index contributed by atoms with van der Waals surface area (Å²) in [6.45, 7) is 1.15. The summed E-state index contributed by atoms with van der Waals surface area (Å²) in [6.07, 6.45) is 0.762. The summed E-state index contributed by atoms with van der Waals surface area (Å²) in [5.41, 5.74) is 5.10. The molecule has 0 saturated carbocycles. The third kappa shape index (κ3) is 3.05. The number of nitrogens with one attached hydrogen (secondary N) is 1. The normalized spacial score (nSPS) is 14.8. The van der Waals surface area contributed by atoms with E-state index in [9.17, 15) is 0 Å². The molecule has 1 aliphatic rings. The Hall–Kier alpha value is -1.56. The predicted octanol–water partition coefficient (Wildman–Crippen LogP) is 2.97. The van der Waals surface area contributed by atoms with Crippen LogP contribution in [-0.4, -0.2) is 13.2 Å². The van der Waals surface area contributed by atoms with Gasteiger partial charge in [0.15, 0.2) is 11.5 Å². The van der Waals surface area contributed by atoms with Crippen LogP contribution >= 0.6 is 15.9 Å². The topological polar surface area (TPSA) is 56.5 Å². The number of rotatable bonds is 4. The van der Waals surface area contributed by atoms with Crippen molar-refractivity contribution in [1.29, 1.82) is 0 Å². The third-order valence-corrected chi connectivity index (χ3v) is 4.33. The van der Waals surface area contributed by atoms with Crippen molar-refractivity contribution >= 4 is 15.9 Å². The predicted molar refractivity (Wildman–Crippen MR) is 85.3 cm³/mol. The maximum atomic E-state index is 5.77. The molecule has 4 nitrogen and oxygen atoms in total. The molecule has 5 heteroatoms. The highest BCUT2D eigenvalue weighted by Gasteiger charge is 2.22. The molecule has 2 aromatic carbocycles. The van der Waals surface area contributed by atoms with Crippen molar-refractivity contribution in [2.75, 3.05) is 13.2 Å². The van der Waals surface area contributed by atoms with Gasteiger partial charge in [-0.1, -0.05) is 46.3 Å². The molecule has 0 aromatic heterocycles. The fourth-order valence-electron chi connectivity index (χ4n) is 2.51. The summed E-state index contributed by atoms with van der Waals surface area (Å²) >= 11 is 3.58. The van der Waals surface area contributed by atoms with Crippen LogP contribution in [0.3, 0.4) is 0 Å². The minimum absolute atomic E-state index is 0.0413. The number of para-hydroxylation sites is 1. The van der Waals surface area contributed by atoms with Gasteiger partial charge in [-0.3, -0.25) is 11.3 Å². The van der Waals surface area contributed by atoms with Crippen LogP contribution in [0.5, 0.6) is 11.5 Å². The van der Waals surface area contributed by atoms with Gasteiger partial charge in [0.2, 0.25) is 0 Å². The molecule has 0 radical (unpaired) electrons. The van der Waals surface area contributed by atoms with Gasteiger partial charge in [0.1, 0.15) is 13.2 Å². The van der Waals surface area contributed by atoms with Gasteiger partial charge >= 0.3 is 0 Å². The first-order chi connectivity index (χ1) is 10.3. The lowest BCUT2D eigenvalue weighted by atomic mass is 9.98. The molecule has 110 valence electrons. The molecule has 1 aliphatic heterocycles. The quantitative estimate of drug-likeness (QED) is 0.658. The number of benzene rings is 2. The fraction of sp³-hybridized carbons (Fsp3) is 0.250. The number of hydrazine groups is 1. The lowest BCUT2D eigenvalue weighted by molar-refractivity contribution is 0.168. The molecular weight excluding hydrogens is 332 g/mol. The van der Waals surface area contributed by atoms with E-state index in [1.165, 1.54) is 5.56 Å². The molecule has 3 N–H and O–H groups in total. The largest absolute Gasteiger partial charge is 0.486 e. The van der Waals surface area contributed by atoms with Gasteiger partial charge < -0.3 is 9.47 Å². The molecule has 3 rings (SSSR count). The second-order valence-electron chi connectivity index (χ2n) is 4.89. The first-order valence-corrected chi connectivity index (χ1v) is 7.67. The molecule has 21 heavy (non-hydrogen) atoms. The maximum Gasteiger partial charge on any atom is 0.166 e. The van der Waals surface area contributed by atoms with E-state index in [4.69, 9.17) is 15.3 Å². The van der Waals surface area contributed by atoms with Gasteiger partial charge in [0.25, 0.3) is 0 Å².